The van der Waals surface area contributed by atoms with Crippen molar-refractivity contribution in [2.24, 2.45) is 0 Å². The zero-order valence-corrected chi connectivity index (χ0v) is 29.7. The van der Waals surface area contributed by atoms with Gasteiger partial charge in [0, 0.05) is 34.0 Å². The van der Waals surface area contributed by atoms with Gasteiger partial charge in [-0.05, 0) is 109 Å². The first-order valence-corrected chi connectivity index (χ1v) is 19.7. The van der Waals surface area contributed by atoms with E-state index in [0.717, 1.165) is 11.0 Å². The lowest BCUT2D eigenvalue weighted by Crippen LogP contribution is -2.08. The summed E-state index contributed by atoms with van der Waals surface area (Å²) in [6.45, 7) is 0. The number of benzene rings is 7. The molecule has 2 saturated carbocycles. The van der Waals surface area contributed by atoms with Crippen molar-refractivity contribution in [1.82, 2.24) is 9.97 Å². The molecule has 0 N–H and O–H groups in total. The molecule has 2 heterocycles. The van der Waals surface area contributed by atoms with Crippen molar-refractivity contribution in [2.45, 2.75) is 76.0 Å². The summed E-state index contributed by atoms with van der Waals surface area (Å²) < 4.78 is 0. The Kier molecular flexibility index (Phi) is 7.07. The van der Waals surface area contributed by atoms with Crippen LogP contribution in [-0.2, 0) is 0 Å². The van der Waals surface area contributed by atoms with Gasteiger partial charge in [-0.1, -0.05) is 142 Å². The second kappa shape index (κ2) is 12.1. The normalized spacial score (nSPS) is 16.3. The van der Waals surface area contributed by atoms with Gasteiger partial charge in [0.25, 0.3) is 0 Å². The fraction of sp³-hybridized carbons (Fsp3) is 0.240. The van der Waals surface area contributed by atoms with E-state index in [1.54, 1.807) is 0 Å². The minimum atomic E-state index is 0.504. The highest BCUT2D eigenvalue weighted by atomic mass is 14.8. The summed E-state index contributed by atoms with van der Waals surface area (Å²) >= 11 is 0. The fourth-order valence-electron chi connectivity index (χ4n) is 10.1. The van der Waals surface area contributed by atoms with Gasteiger partial charge >= 0.3 is 0 Å². The van der Waals surface area contributed by atoms with Crippen LogP contribution in [0.25, 0.3) is 87.1 Å². The quantitative estimate of drug-likeness (QED) is 0.138. The van der Waals surface area contributed by atoms with Crippen LogP contribution < -0.4 is 0 Å². The van der Waals surface area contributed by atoms with Gasteiger partial charge in [-0.3, -0.25) is 9.97 Å². The molecule has 0 spiro atoms. The van der Waals surface area contributed by atoms with Crippen LogP contribution in [0.5, 0.6) is 0 Å². The molecule has 52 heavy (non-hydrogen) atoms. The number of nitrogens with zero attached hydrogens (tertiary/aromatic N) is 2. The highest BCUT2D eigenvalue weighted by Gasteiger charge is 2.23. The van der Waals surface area contributed by atoms with E-state index in [9.17, 15) is 0 Å². The summed E-state index contributed by atoms with van der Waals surface area (Å²) in [5.41, 5.74) is 9.73. The van der Waals surface area contributed by atoms with E-state index in [1.165, 1.54) is 152 Å². The minimum absolute atomic E-state index is 0.504. The van der Waals surface area contributed by atoms with E-state index in [-0.39, 0.29) is 0 Å². The summed E-state index contributed by atoms with van der Waals surface area (Å²) in [5.74, 6) is 1.07. The van der Waals surface area contributed by atoms with Gasteiger partial charge in [0.1, 0.15) is 0 Å². The number of pyridine rings is 2. The van der Waals surface area contributed by atoms with E-state index >= 15 is 0 Å². The highest BCUT2D eigenvalue weighted by Crippen LogP contribution is 2.44. The van der Waals surface area contributed by atoms with Crippen molar-refractivity contribution in [3.05, 3.63) is 133 Å². The first-order valence-electron chi connectivity index (χ1n) is 19.7. The Morgan fingerprint density at radius 3 is 1.67 bits per heavy atom. The third-order valence-electron chi connectivity index (χ3n) is 12.7. The Morgan fingerprint density at radius 2 is 0.923 bits per heavy atom. The lowest BCUT2D eigenvalue weighted by atomic mass is 9.84. The van der Waals surface area contributed by atoms with Crippen LogP contribution in [0.15, 0.2) is 121 Å². The van der Waals surface area contributed by atoms with Gasteiger partial charge in [0.15, 0.2) is 0 Å². The lowest BCUT2D eigenvalue weighted by molar-refractivity contribution is 0.437. The summed E-state index contributed by atoms with van der Waals surface area (Å²) in [7, 11) is 0. The lowest BCUT2D eigenvalue weighted by Gasteiger charge is -2.23. The fourth-order valence-corrected chi connectivity index (χ4v) is 10.1. The second-order valence-corrected chi connectivity index (χ2v) is 15.7. The average molecular weight is 671 g/mol. The zero-order chi connectivity index (χ0) is 34.2. The van der Waals surface area contributed by atoms with Crippen LogP contribution in [0.2, 0.25) is 0 Å². The predicted molar refractivity (Wildman–Crippen MR) is 221 cm³/mol. The van der Waals surface area contributed by atoms with Crippen molar-refractivity contribution >= 4 is 64.9 Å². The largest absolute Gasteiger partial charge is 0.250 e. The maximum Gasteiger partial charge on any atom is 0.0974 e. The van der Waals surface area contributed by atoms with Crippen molar-refractivity contribution in [3.8, 4) is 22.3 Å². The van der Waals surface area contributed by atoms with Crippen molar-refractivity contribution in [3.63, 3.8) is 0 Å². The molecule has 0 aliphatic heterocycles. The summed E-state index contributed by atoms with van der Waals surface area (Å²) in [5, 5.41) is 13.1. The molecule has 0 unspecified atom stereocenters. The topological polar surface area (TPSA) is 25.8 Å². The molecule has 0 saturated heterocycles. The molecule has 7 aromatic carbocycles. The molecule has 0 amide bonds. The van der Waals surface area contributed by atoms with Gasteiger partial charge in [-0.15, -0.1) is 0 Å². The molecule has 252 valence electrons. The molecule has 0 radical (unpaired) electrons. The molecule has 2 aromatic heterocycles. The van der Waals surface area contributed by atoms with Gasteiger partial charge in [-0.2, -0.15) is 0 Å². The van der Waals surface area contributed by atoms with E-state index in [1.807, 2.05) is 0 Å². The average Bonchev–Trinajstić information content (AvgIpc) is 3.22. The molecule has 2 fully saturated rings. The van der Waals surface area contributed by atoms with Crippen LogP contribution in [-0.4, -0.2) is 9.97 Å². The smallest absolute Gasteiger partial charge is 0.0974 e. The van der Waals surface area contributed by atoms with Gasteiger partial charge in [-0.25, -0.2) is 0 Å². The first kappa shape index (κ1) is 30.3. The Hall–Kier alpha value is -5.34. The third-order valence-corrected chi connectivity index (χ3v) is 12.7. The van der Waals surface area contributed by atoms with Gasteiger partial charge < -0.3 is 0 Å². The van der Waals surface area contributed by atoms with E-state index in [2.05, 4.69) is 121 Å². The molecule has 11 rings (SSSR count). The van der Waals surface area contributed by atoms with E-state index < -0.39 is 0 Å². The van der Waals surface area contributed by atoms with Crippen molar-refractivity contribution in [1.29, 1.82) is 0 Å². The van der Waals surface area contributed by atoms with Crippen LogP contribution in [0, 0.1) is 0 Å². The Morgan fingerprint density at radius 1 is 0.365 bits per heavy atom. The number of hydrogen-bond donors (Lipinski definition) is 0. The maximum atomic E-state index is 5.53. The predicted octanol–water partition coefficient (Wildman–Crippen LogP) is 14.3. The molecule has 9 aromatic rings. The third kappa shape index (κ3) is 4.77. The van der Waals surface area contributed by atoms with Gasteiger partial charge in [0.2, 0.25) is 0 Å². The molecule has 2 aliphatic carbocycles. The van der Waals surface area contributed by atoms with Crippen molar-refractivity contribution in [2.75, 3.05) is 0 Å². The summed E-state index contributed by atoms with van der Waals surface area (Å²) in [6, 6.07) is 46.0. The molecule has 0 bridgehead atoms. The monoisotopic (exact) mass is 670 g/mol. The second-order valence-electron chi connectivity index (χ2n) is 15.7. The first-order chi connectivity index (χ1) is 25.8. The molecule has 2 heteroatoms. The maximum absolute atomic E-state index is 5.53. The van der Waals surface area contributed by atoms with Crippen LogP contribution in [0.4, 0.5) is 0 Å². The Labute approximate surface area is 304 Å². The molecular weight excluding hydrogens is 629 g/mol. The zero-order valence-electron chi connectivity index (χ0n) is 29.7. The van der Waals surface area contributed by atoms with Gasteiger partial charge in [0.05, 0.1) is 11.0 Å². The van der Waals surface area contributed by atoms with Crippen LogP contribution in [0.1, 0.15) is 87.4 Å². The number of fused-ring (bicyclic) bond motifs is 5. The minimum Gasteiger partial charge on any atom is -0.250 e. The van der Waals surface area contributed by atoms with E-state index in [0.29, 0.717) is 11.8 Å². The number of hydrogen-bond acceptors (Lipinski definition) is 2. The van der Waals surface area contributed by atoms with Crippen LogP contribution >= 0.6 is 0 Å². The molecular formula is C50H42N2. The Bertz CT molecular complexity index is 2770. The van der Waals surface area contributed by atoms with E-state index in [4.69, 9.17) is 9.97 Å². The molecule has 0 atom stereocenters. The van der Waals surface area contributed by atoms with Crippen LogP contribution in [0.3, 0.4) is 0 Å². The number of rotatable bonds is 4. The summed E-state index contributed by atoms with van der Waals surface area (Å²) in [4.78, 5) is 11.0. The molecule has 2 nitrogen and oxygen atoms in total. The SMILES string of the molecule is c1cc(-c2cc(C3CCCCC3)nc3c2ccc2ccc(C4CCCCC4)nc23)cc(-c2ccc3c4cccc5cccc(c6cccc2c63)c54)c1. The van der Waals surface area contributed by atoms with Crippen molar-refractivity contribution < 1.29 is 0 Å². The summed E-state index contributed by atoms with van der Waals surface area (Å²) in [6.07, 6.45) is 12.8. The standard InChI is InChI=1S/C50H42N2/c1-3-11-31(12-4-1)45-28-24-34-23-25-43-44(30-46(32-13-5-2-6-14-32)52-50(43)49(34)51-45)36-18-7-17-35(29-36)37-26-27-42-40-20-9-16-33-15-8-19-39(47(33)40)41-22-10-21-38(37)48(41)42/h7-10,15-32H,1-6,11-14H2. The highest BCUT2D eigenvalue weighted by molar-refractivity contribution is 6.34. The number of aromatic nitrogens is 2. The molecule has 2 aliphatic rings. The Balaban J connectivity index is 1.12.